The molecule has 1 rings (SSSR count). The van der Waals surface area contributed by atoms with Crippen LogP contribution in [0.5, 0.6) is 0 Å². The first-order chi connectivity index (χ1) is 4.75. The topological polar surface area (TPSA) is 0 Å². The van der Waals surface area contributed by atoms with Crippen LogP contribution in [0.15, 0.2) is 18.2 Å². The van der Waals surface area contributed by atoms with Crippen LogP contribution in [-0.2, 0) is 23.3 Å². The average molecular weight is 262 g/mol. The van der Waals surface area contributed by atoms with Gasteiger partial charge >= 0.3 is 80.3 Å². The van der Waals surface area contributed by atoms with Gasteiger partial charge in [0.1, 0.15) is 0 Å². The summed E-state index contributed by atoms with van der Waals surface area (Å²) < 4.78 is 0. The number of hydrogen-bond acceptors (Lipinski definition) is 0. The maximum atomic E-state index is 5.88. The molecule has 1 aromatic rings. The molecule has 4 heteroatoms. The van der Waals surface area contributed by atoms with Gasteiger partial charge in [0.25, 0.3) is 0 Å². The van der Waals surface area contributed by atoms with Gasteiger partial charge in [0.2, 0.25) is 0 Å². The van der Waals surface area contributed by atoms with Crippen LogP contribution in [0.1, 0.15) is 5.56 Å². The van der Waals surface area contributed by atoms with E-state index in [2.05, 4.69) is 0 Å². The third-order valence-electron chi connectivity index (χ3n) is 1.30. The summed E-state index contributed by atoms with van der Waals surface area (Å²) in [6.45, 7) is 0. The van der Waals surface area contributed by atoms with Gasteiger partial charge in [0, 0.05) is 0 Å². The van der Waals surface area contributed by atoms with Gasteiger partial charge in [-0.05, 0) is 0 Å². The molecule has 0 aromatic heterocycles. The molecule has 0 aliphatic carbocycles. The normalized spacial score (nSPS) is 9.09. The molecular formula is C7H6Cl3Zn. The molecule has 57 valence electrons. The van der Waals surface area contributed by atoms with Crippen molar-refractivity contribution in [2.75, 3.05) is 0 Å². The Balaban J connectivity index is 0.000001000. The fourth-order valence-corrected chi connectivity index (χ4v) is 2.36. The van der Waals surface area contributed by atoms with Crippen LogP contribution in [0.3, 0.4) is 0 Å². The van der Waals surface area contributed by atoms with E-state index in [4.69, 9.17) is 23.2 Å². The zero-order valence-corrected chi connectivity index (χ0v) is 11.1. The van der Waals surface area contributed by atoms with E-state index >= 15 is 0 Å². The molecule has 0 N–H and O–H groups in total. The van der Waals surface area contributed by atoms with Crippen molar-refractivity contribution in [1.29, 1.82) is 0 Å². The van der Waals surface area contributed by atoms with Crippen molar-refractivity contribution in [3.05, 3.63) is 33.8 Å². The molecule has 0 aliphatic heterocycles. The summed E-state index contributed by atoms with van der Waals surface area (Å²) in [4.78, 5) is 0. The second-order valence-corrected chi connectivity index (χ2v) is 3.80. The predicted molar refractivity (Wildman–Crippen MR) is 47.4 cm³/mol. The summed E-state index contributed by atoms with van der Waals surface area (Å²) in [5.74, 6) is 0. The van der Waals surface area contributed by atoms with Gasteiger partial charge < -0.3 is 0 Å². The van der Waals surface area contributed by atoms with Gasteiger partial charge in [0.15, 0.2) is 0 Å². The van der Waals surface area contributed by atoms with Crippen LogP contribution in [0, 0.1) is 0 Å². The van der Waals surface area contributed by atoms with Gasteiger partial charge in [-0.2, -0.15) is 0 Å². The van der Waals surface area contributed by atoms with E-state index in [-0.39, 0.29) is 12.4 Å². The molecule has 11 heavy (non-hydrogen) atoms. The van der Waals surface area contributed by atoms with Gasteiger partial charge in [-0.1, -0.05) is 0 Å². The molecule has 0 aliphatic rings. The van der Waals surface area contributed by atoms with E-state index in [1.807, 2.05) is 18.2 Å². The first-order valence-corrected chi connectivity index (χ1v) is 5.83. The molecule has 0 spiro atoms. The zero-order chi connectivity index (χ0) is 7.56. The van der Waals surface area contributed by atoms with E-state index in [0.29, 0.717) is 5.02 Å². The number of benzene rings is 1. The third kappa shape index (κ3) is 2.91. The molecule has 1 aromatic carbocycles. The molecule has 0 unspecified atom stereocenters. The summed E-state index contributed by atoms with van der Waals surface area (Å²) in [6, 6.07) is 5.75. The molecule has 0 bridgehead atoms. The Labute approximate surface area is 92.4 Å². The van der Waals surface area contributed by atoms with E-state index < -0.39 is 0 Å². The van der Waals surface area contributed by atoms with Crippen molar-refractivity contribution in [2.24, 2.45) is 0 Å². The summed E-state index contributed by atoms with van der Waals surface area (Å²) >= 11 is 12.9. The molecule has 0 atom stereocenters. The van der Waals surface area contributed by atoms with Crippen LogP contribution in [0.2, 0.25) is 10.0 Å². The van der Waals surface area contributed by atoms with Crippen molar-refractivity contribution in [3.8, 4) is 0 Å². The Morgan fingerprint density at radius 3 is 2.36 bits per heavy atom. The first-order valence-electron chi connectivity index (χ1n) is 2.98. The van der Waals surface area contributed by atoms with E-state index in [1.54, 1.807) is 0 Å². The number of hydrogen-bond donors (Lipinski definition) is 0. The molecule has 0 fully saturated rings. The maximum absolute atomic E-state index is 5.88. The Hall–Kier alpha value is 0.713. The number of rotatable bonds is 1. The third-order valence-corrected chi connectivity index (χ3v) is 3.29. The van der Waals surface area contributed by atoms with Crippen molar-refractivity contribution >= 4 is 35.6 Å². The summed E-state index contributed by atoms with van der Waals surface area (Å²) in [5.41, 5.74) is 1.16. The molecule has 0 nitrogen and oxygen atoms in total. The standard InChI is InChI=1S/C7H5Cl2.ClH.Zn/c1-5-3-2-4-6(8)7(5)9;;/h2-4H,1H2;1H;. The fraction of sp³-hybridized carbons (Fsp3) is 0.143. The van der Waals surface area contributed by atoms with E-state index in [9.17, 15) is 0 Å². The van der Waals surface area contributed by atoms with Crippen molar-refractivity contribution < 1.29 is 18.3 Å². The van der Waals surface area contributed by atoms with Crippen LogP contribution in [0.25, 0.3) is 0 Å². The predicted octanol–water partition coefficient (Wildman–Crippen LogP) is 3.46. The van der Waals surface area contributed by atoms with Crippen LogP contribution in [-0.4, -0.2) is 0 Å². The van der Waals surface area contributed by atoms with Crippen LogP contribution < -0.4 is 0 Å². The Morgan fingerprint density at radius 2 is 1.91 bits per heavy atom. The zero-order valence-electron chi connectivity index (χ0n) is 5.81. The van der Waals surface area contributed by atoms with Crippen molar-refractivity contribution in [2.45, 2.75) is 5.02 Å². The fourth-order valence-electron chi connectivity index (χ4n) is 0.742. The molecule has 0 saturated heterocycles. The average Bonchev–Trinajstić information content (AvgIpc) is 1.95. The van der Waals surface area contributed by atoms with E-state index in [1.165, 1.54) is 18.3 Å². The summed E-state index contributed by atoms with van der Waals surface area (Å²) in [7, 11) is 0. The van der Waals surface area contributed by atoms with Crippen LogP contribution >= 0.6 is 35.6 Å². The Kier molecular flexibility index (Phi) is 5.72. The second kappa shape index (κ2) is 5.37. The van der Waals surface area contributed by atoms with Gasteiger partial charge in [-0.3, -0.25) is 0 Å². The molecule has 0 amide bonds. The van der Waals surface area contributed by atoms with Gasteiger partial charge in [-0.15, -0.1) is 12.4 Å². The van der Waals surface area contributed by atoms with Crippen molar-refractivity contribution in [3.63, 3.8) is 0 Å². The number of halogens is 3. The molecule has 0 radical (unpaired) electrons. The van der Waals surface area contributed by atoms with Crippen molar-refractivity contribution in [1.82, 2.24) is 0 Å². The Morgan fingerprint density at radius 1 is 1.27 bits per heavy atom. The minimum atomic E-state index is 0. The minimum absolute atomic E-state index is 0. The summed E-state index contributed by atoms with van der Waals surface area (Å²) in [5, 5.41) is 2.43. The molecule has 0 saturated carbocycles. The monoisotopic (exact) mass is 259 g/mol. The first kappa shape index (κ1) is 11.7. The second-order valence-electron chi connectivity index (χ2n) is 1.96. The quantitative estimate of drug-likeness (QED) is 0.680. The molecule has 0 heterocycles. The Bertz CT molecular complexity index is 237. The summed E-state index contributed by atoms with van der Waals surface area (Å²) in [6.07, 6.45) is 0. The van der Waals surface area contributed by atoms with Crippen LogP contribution in [0.4, 0.5) is 0 Å². The van der Waals surface area contributed by atoms with Gasteiger partial charge in [-0.25, -0.2) is 0 Å². The SMILES string of the molecule is Cl.Clc1cccc([CH2][Zn])c1Cl. The van der Waals surface area contributed by atoms with E-state index in [0.717, 1.165) is 15.6 Å². The molecular weight excluding hydrogens is 256 g/mol. The van der Waals surface area contributed by atoms with Gasteiger partial charge in [0.05, 0.1) is 0 Å².